The van der Waals surface area contributed by atoms with Gasteiger partial charge in [0.15, 0.2) is 5.11 Å². The fourth-order valence-electron chi connectivity index (χ4n) is 1.41. The Morgan fingerprint density at radius 1 is 1.44 bits per heavy atom. The van der Waals surface area contributed by atoms with Crippen molar-refractivity contribution in [2.24, 2.45) is 0 Å². The molecule has 0 saturated carbocycles. The highest BCUT2D eigenvalue weighted by molar-refractivity contribution is 7.80. The van der Waals surface area contributed by atoms with Crippen LogP contribution in [0.2, 0.25) is 0 Å². The normalized spacial score (nSPS) is 9.61. The molecule has 18 heavy (non-hydrogen) atoms. The molecule has 0 spiro atoms. The van der Waals surface area contributed by atoms with E-state index in [1.54, 1.807) is 19.2 Å². The number of nitrogens with zero attached hydrogens (tertiary/aromatic N) is 2. The van der Waals surface area contributed by atoms with Gasteiger partial charge in [-0.3, -0.25) is 0 Å². The highest BCUT2D eigenvalue weighted by atomic mass is 32.1. The molecule has 0 heterocycles. The summed E-state index contributed by atoms with van der Waals surface area (Å²) >= 11 is 5.28. The maximum absolute atomic E-state index is 8.73. The second kappa shape index (κ2) is 7.64. The summed E-state index contributed by atoms with van der Waals surface area (Å²) in [5.41, 5.74) is 1.60. The summed E-state index contributed by atoms with van der Waals surface area (Å²) in [5.74, 6) is 0. The first-order valence-corrected chi connectivity index (χ1v) is 6.10. The number of rotatable bonds is 5. The Bertz CT molecular complexity index is 425. The van der Waals surface area contributed by atoms with Gasteiger partial charge in [-0.25, -0.2) is 0 Å². The lowest BCUT2D eigenvalue weighted by atomic mass is 10.2. The van der Waals surface area contributed by atoms with Crippen molar-refractivity contribution in [3.05, 3.63) is 29.8 Å². The average Bonchev–Trinajstić information content (AvgIpc) is 2.42. The van der Waals surface area contributed by atoms with Crippen molar-refractivity contribution in [1.29, 1.82) is 5.26 Å². The molecule has 1 N–H and O–H groups in total. The zero-order chi connectivity index (χ0) is 13.4. The molecule has 0 aromatic heterocycles. The standard InChI is InChI=1S/C13H17N3OS/c1-16(13(18)15-8-3-9-17-2)12-6-4-11(10-14)5-7-12/h4-7H,3,8-9H2,1-2H3,(H,15,18). The van der Waals surface area contributed by atoms with Gasteiger partial charge in [-0.2, -0.15) is 5.26 Å². The van der Waals surface area contributed by atoms with Crippen molar-refractivity contribution in [2.75, 3.05) is 32.2 Å². The number of methoxy groups -OCH3 is 1. The number of anilines is 1. The molecular weight excluding hydrogens is 246 g/mol. The SMILES string of the molecule is COCCCNC(=S)N(C)c1ccc(C#N)cc1. The second-order valence-electron chi connectivity index (χ2n) is 3.80. The fraction of sp³-hybridized carbons (Fsp3) is 0.385. The molecule has 0 aliphatic rings. The molecule has 0 atom stereocenters. The van der Waals surface area contributed by atoms with E-state index < -0.39 is 0 Å². The molecule has 4 nitrogen and oxygen atoms in total. The lowest BCUT2D eigenvalue weighted by Gasteiger charge is -2.21. The van der Waals surface area contributed by atoms with Gasteiger partial charge in [0.2, 0.25) is 0 Å². The van der Waals surface area contributed by atoms with E-state index in [4.69, 9.17) is 22.2 Å². The Hall–Kier alpha value is -1.64. The largest absolute Gasteiger partial charge is 0.385 e. The summed E-state index contributed by atoms with van der Waals surface area (Å²) in [6.07, 6.45) is 0.915. The molecular formula is C13H17N3OS. The predicted molar refractivity (Wildman–Crippen MR) is 76.7 cm³/mol. The zero-order valence-electron chi connectivity index (χ0n) is 10.6. The molecule has 1 aromatic rings. The first-order valence-electron chi connectivity index (χ1n) is 5.69. The Balaban J connectivity index is 2.49. The molecule has 0 unspecified atom stereocenters. The number of thiocarbonyl (C=S) groups is 1. The van der Waals surface area contributed by atoms with E-state index >= 15 is 0 Å². The van der Waals surface area contributed by atoms with Gasteiger partial charge < -0.3 is 15.0 Å². The number of nitrogens with one attached hydrogen (secondary N) is 1. The summed E-state index contributed by atoms with van der Waals surface area (Å²) in [7, 11) is 3.58. The summed E-state index contributed by atoms with van der Waals surface area (Å²) in [6.45, 7) is 1.50. The minimum absolute atomic E-state index is 0.645. The van der Waals surface area contributed by atoms with Crippen LogP contribution in [0.15, 0.2) is 24.3 Å². The van der Waals surface area contributed by atoms with Crippen LogP contribution in [0.25, 0.3) is 0 Å². The van der Waals surface area contributed by atoms with Crippen molar-refractivity contribution in [1.82, 2.24) is 5.32 Å². The van der Waals surface area contributed by atoms with E-state index in [1.807, 2.05) is 24.1 Å². The van der Waals surface area contributed by atoms with E-state index in [0.717, 1.165) is 25.3 Å². The van der Waals surface area contributed by atoms with Gasteiger partial charge in [0.1, 0.15) is 0 Å². The summed E-state index contributed by atoms with van der Waals surface area (Å²) < 4.78 is 4.97. The quantitative estimate of drug-likeness (QED) is 0.649. The summed E-state index contributed by atoms with van der Waals surface area (Å²) in [5, 5.41) is 12.5. The van der Waals surface area contributed by atoms with Crippen LogP contribution in [0, 0.1) is 11.3 Å². The monoisotopic (exact) mass is 263 g/mol. The Labute approximate surface area is 113 Å². The van der Waals surface area contributed by atoms with Gasteiger partial charge in [0.25, 0.3) is 0 Å². The highest BCUT2D eigenvalue weighted by Crippen LogP contribution is 2.13. The van der Waals surface area contributed by atoms with E-state index in [0.29, 0.717) is 10.7 Å². The van der Waals surface area contributed by atoms with E-state index in [2.05, 4.69) is 11.4 Å². The molecule has 0 aliphatic carbocycles. The summed E-state index contributed by atoms with van der Waals surface area (Å²) in [4.78, 5) is 1.88. The van der Waals surface area contributed by atoms with Gasteiger partial charge in [-0.1, -0.05) is 0 Å². The van der Waals surface area contributed by atoms with Gasteiger partial charge >= 0.3 is 0 Å². The Kier molecular flexibility index (Phi) is 6.12. The van der Waals surface area contributed by atoms with Crippen LogP contribution in [0.4, 0.5) is 5.69 Å². The van der Waals surface area contributed by atoms with Crippen LogP contribution in [0.5, 0.6) is 0 Å². The average molecular weight is 263 g/mol. The lowest BCUT2D eigenvalue weighted by Crippen LogP contribution is -2.37. The third kappa shape index (κ3) is 4.32. The van der Waals surface area contributed by atoms with Crippen LogP contribution in [-0.4, -0.2) is 32.4 Å². The molecule has 0 amide bonds. The number of hydrogen-bond donors (Lipinski definition) is 1. The Morgan fingerprint density at radius 2 is 2.11 bits per heavy atom. The van der Waals surface area contributed by atoms with Crippen molar-refractivity contribution >= 4 is 23.0 Å². The van der Waals surface area contributed by atoms with E-state index in [-0.39, 0.29) is 0 Å². The minimum Gasteiger partial charge on any atom is -0.385 e. The highest BCUT2D eigenvalue weighted by Gasteiger charge is 2.05. The molecule has 0 saturated heterocycles. The first kappa shape index (κ1) is 14.4. The second-order valence-corrected chi connectivity index (χ2v) is 4.18. The third-order valence-corrected chi connectivity index (χ3v) is 2.91. The first-order chi connectivity index (χ1) is 8.69. The van der Waals surface area contributed by atoms with Gasteiger partial charge in [-0.15, -0.1) is 0 Å². The number of ether oxygens (including phenoxy) is 1. The predicted octanol–water partition coefficient (Wildman–Crippen LogP) is 1.91. The number of hydrogen-bond acceptors (Lipinski definition) is 3. The van der Waals surface area contributed by atoms with Crippen LogP contribution in [-0.2, 0) is 4.74 Å². The maximum atomic E-state index is 8.73. The van der Waals surface area contributed by atoms with Crippen LogP contribution in [0.3, 0.4) is 0 Å². The molecule has 96 valence electrons. The van der Waals surface area contributed by atoms with Crippen molar-refractivity contribution in [2.45, 2.75) is 6.42 Å². The van der Waals surface area contributed by atoms with Crippen LogP contribution in [0.1, 0.15) is 12.0 Å². The number of benzene rings is 1. The smallest absolute Gasteiger partial charge is 0.173 e. The molecule has 1 aromatic carbocycles. The third-order valence-electron chi connectivity index (χ3n) is 2.49. The Morgan fingerprint density at radius 3 is 2.67 bits per heavy atom. The topological polar surface area (TPSA) is 48.3 Å². The van der Waals surface area contributed by atoms with Crippen LogP contribution < -0.4 is 10.2 Å². The van der Waals surface area contributed by atoms with E-state index in [9.17, 15) is 0 Å². The molecule has 0 radical (unpaired) electrons. The maximum Gasteiger partial charge on any atom is 0.173 e. The molecule has 5 heteroatoms. The molecule has 0 fully saturated rings. The minimum atomic E-state index is 0.645. The van der Waals surface area contributed by atoms with Gasteiger partial charge in [-0.05, 0) is 42.9 Å². The van der Waals surface area contributed by atoms with E-state index in [1.165, 1.54) is 0 Å². The number of nitriles is 1. The van der Waals surface area contributed by atoms with Gasteiger partial charge in [0, 0.05) is 33.0 Å². The van der Waals surface area contributed by atoms with Crippen molar-refractivity contribution in [3.8, 4) is 6.07 Å². The zero-order valence-corrected chi connectivity index (χ0v) is 11.5. The van der Waals surface area contributed by atoms with Crippen molar-refractivity contribution < 1.29 is 4.74 Å². The van der Waals surface area contributed by atoms with Gasteiger partial charge in [0.05, 0.1) is 11.6 Å². The molecule has 0 bridgehead atoms. The van der Waals surface area contributed by atoms with Crippen molar-refractivity contribution in [3.63, 3.8) is 0 Å². The van der Waals surface area contributed by atoms with Crippen LogP contribution >= 0.6 is 12.2 Å². The lowest BCUT2D eigenvalue weighted by molar-refractivity contribution is 0.195. The summed E-state index contributed by atoms with van der Waals surface area (Å²) in [6, 6.07) is 9.40. The fourth-order valence-corrected chi connectivity index (χ4v) is 1.61. The molecule has 0 aliphatic heterocycles. The molecule has 1 rings (SSSR count).